The fourth-order valence-electron chi connectivity index (χ4n) is 2.13. The largest absolute Gasteiger partial charge is 0.312 e. The average molecular weight is 252 g/mol. The topological polar surface area (TPSA) is 15.3 Å². The van der Waals surface area contributed by atoms with Gasteiger partial charge in [0, 0.05) is 28.9 Å². The molecule has 1 aromatic heterocycles. The predicted octanol–water partition coefficient (Wildman–Crippen LogP) is 3.15. The van der Waals surface area contributed by atoms with E-state index in [0.29, 0.717) is 0 Å². The monoisotopic (exact) mass is 252 g/mol. The van der Waals surface area contributed by atoms with Crippen LogP contribution in [-0.4, -0.2) is 24.5 Å². The van der Waals surface area contributed by atoms with Crippen molar-refractivity contribution in [1.29, 1.82) is 0 Å². The van der Waals surface area contributed by atoms with E-state index in [1.807, 2.05) is 11.3 Å². The van der Waals surface area contributed by atoms with Crippen molar-refractivity contribution in [2.75, 3.05) is 13.6 Å². The van der Waals surface area contributed by atoms with Crippen molar-refractivity contribution in [1.82, 2.24) is 10.2 Å². The molecule has 0 unspecified atom stereocenters. The van der Waals surface area contributed by atoms with Crippen molar-refractivity contribution in [3.63, 3.8) is 0 Å². The Morgan fingerprint density at radius 1 is 1.47 bits per heavy atom. The Hall–Kier alpha value is -0.380. The lowest BCUT2D eigenvalue weighted by Crippen LogP contribution is -2.20. The normalized spacial score (nSPS) is 15.8. The van der Waals surface area contributed by atoms with Gasteiger partial charge in [-0.2, -0.15) is 0 Å². The quantitative estimate of drug-likeness (QED) is 0.750. The summed E-state index contributed by atoms with van der Waals surface area (Å²) in [4.78, 5) is 5.47. The van der Waals surface area contributed by atoms with Gasteiger partial charge in [0.2, 0.25) is 0 Å². The predicted molar refractivity (Wildman–Crippen MR) is 75.5 cm³/mol. The van der Waals surface area contributed by atoms with Crippen LogP contribution in [0, 0.1) is 6.92 Å². The molecule has 2 nitrogen and oxygen atoms in total. The van der Waals surface area contributed by atoms with Gasteiger partial charge in [0.25, 0.3) is 0 Å². The van der Waals surface area contributed by atoms with E-state index < -0.39 is 0 Å². The molecular weight excluding hydrogens is 228 g/mol. The second-order valence-corrected chi connectivity index (χ2v) is 6.46. The van der Waals surface area contributed by atoms with Crippen molar-refractivity contribution in [3.05, 3.63) is 21.4 Å². The third-order valence-electron chi connectivity index (χ3n) is 3.39. The van der Waals surface area contributed by atoms with Crippen molar-refractivity contribution < 1.29 is 0 Å². The van der Waals surface area contributed by atoms with Gasteiger partial charge in [0.05, 0.1) is 0 Å². The molecule has 3 heteroatoms. The number of thiophene rings is 1. The van der Waals surface area contributed by atoms with Gasteiger partial charge in [-0.05, 0) is 51.4 Å². The number of hydrogen-bond donors (Lipinski definition) is 1. The second-order valence-electron chi connectivity index (χ2n) is 5.12. The highest BCUT2D eigenvalue weighted by Gasteiger charge is 2.26. The molecule has 17 heavy (non-hydrogen) atoms. The Labute approximate surface area is 109 Å². The van der Waals surface area contributed by atoms with Crippen LogP contribution in [0.25, 0.3) is 0 Å². The van der Waals surface area contributed by atoms with Crippen LogP contribution >= 0.6 is 11.3 Å². The van der Waals surface area contributed by atoms with Gasteiger partial charge in [0.15, 0.2) is 0 Å². The number of aryl methyl sites for hydroxylation is 1. The molecule has 1 aromatic rings. The maximum atomic E-state index is 3.48. The summed E-state index contributed by atoms with van der Waals surface area (Å²) in [6.45, 7) is 7.74. The first kappa shape index (κ1) is 13.1. The van der Waals surface area contributed by atoms with Crippen molar-refractivity contribution >= 4 is 11.3 Å². The zero-order valence-electron chi connectivity index (χ0n) is 11.3. The molecule has 1 N–H and O–H groups in total. The first-order valence-corrected chi connectivity index (χ1v) is 7.51. The number of nitrogens with zero attached hydrogens (tertiary/aromatic N) is 1. The van der Waals surface area contributed by atoms with E-state index >= 15 is 0 Å². The first-order valence-electron chi connectivity index (χ1n) is 6.70. The van der Waals surface area contributed by atoms with Gasteiger partial charge in [-0.1, -0.05) is 6.92 Å². The molecule has 0 spiro atoms. The van der Waals surface area contributed by atoms with E-state index in [-0.39, 0.29) is 0 Å². The van der Waals surface area contributed by atoms with Gasteiger partial charge in [-0.3, -0.25) is 4.90 Å². The molecular formula is C14H24N2S. The maximum Gasteiger partial charge on any atom is 0.0299 e. The lowest BCUT2D eigenvalue weighted by atomic mass is 10.2. The van der Waals surface area contributed by atoms with Crippen molar-refractivity contribution in [2.24, 2.45) is 0 Å². The summed E-state index contributed by atoms with van der Waals surface area (Å²) >= 11 is 1.95. The molecule has 1 fully saturated rings. The average Bonchev–Trinajstić information content (AvgIpc) is 3.07. The van der Waals surface area contributed by atoms with Crippen LogP contribution in [0.1, 0.15) is 41.5 Å². The molecule has 0 atom stereocenters. The Morgan fingerprint density at radius 3 is 2.88 bits per heavy atom. The number of nitrogens with one attached hydrogen (secondary N) is 1. The highest BCUT2D eigenvalue weighted by molar-refractivity contribution is 7.12. The first-order chi connectivity index (χ1) is 8.20. The Balaban J connectivity index is 1.88. The van der Waals surface area contributed by atoms with Crippen molar-refractivity contribution in [2.45, 2.75) is 52.2 Å². The van der Waals surface area contributed by atoms with E-state index in [9.17, 15) is 0 Å². The van der Waals surface area contributed by atoms with Crippen LogP contribution in [-0.2, 0) is 13.1 Å². The smallest absolute Gasteiger partial charge is 0.0299 e. The zero-order chi connectivity index (χ0) is 12.3. The minimum atomic E-state index is 0.857. The minimum absolute atomic E-state index is 0.857. The summed E-state index contributed by atoms with van der Waals surface area (Å²) in [5.41, 5.74) is 1.53. The standard InChI is InChI=1S/C14H24N2S/c1-4-7-15-9-14-8-12(11(2)17-14)10-16(3)13-5-6-13/h8,13,15H,4-7,9-10H2,1-3H3. The highest BCUT2D eigenvalue weighted by atomic mass is 32.1. The molecule has 2 rings (SSSR count). The molecule has 0 aliphatic heterocycles. The van der Waals surface area contributed by atoms with E-state index in [2.05, 4.69) is 37.2 Å². The summed E-state index contributed by atoms with van der Waals surface area (Å²) in [6, 6.07) is 3.25. The number of hydrogen-bond acceptors (Lipinski definition) is 3. The highest BCUT2D eigenvalue weighted by Crippen LogP contribution is 2.29. The second kappa shape index (κ2) is 5.98. The molecule has 1 aliphatic rings. The van der Waals surface area contributed by atoms with E-state index in [0.717, 1.165) is 25.7 Å². The Bertz CT molecular complexity index is 355. The summed E-state index contributed by atoms with van der Waals surface area (Å²) in [5, 5.41) is 3.48. The van der Waals surface area contributed by atoms with Crippen molar-refractivity contribution in [3.8, 4) is 0 Å². The van der Waals surface area contributed by atoms with Crippen LogP contribution < -0.4 is 5.32 Å². The van der Waals surface area contributed by atoms with Gasteiger partial charge in [0.1, 0.15) is 0 Å². The molecule has 1 heterocycles. The Morgan fingerprint density at radius 2 is 2.24 bits per heavy atom. The lowest BCUT2D eigenvalue weighted by molar-refractivity contribution is 0.316. The third-order valence-corrected chi connectivity index (χ3v) is 4.48. The van der Waals surface area contributed by atoms with Gasteiger partial charge >= 0.3 is 0 Å². The molecule has 0 aromatic carbocycles. The SMILES string of the molecule is CCCNCc1cc(CN(C)C2CC2)c(C)s1. The summed E-state index contributed by atoms with van der Waals surface area (Å²) in [7, 11) is 2.25. The number of rotatable bonds is 7. The fourth-order valence-corrected chi connectivity index (χ4v) is 3.16. The molecule has 0 bridgehead atoms. The lowest BCUT2D eigenvalue weighted by Gasteiger charge is -2.14. The van der Waals surface area contributed by atoms with E-state index in [4.69, 9.17) is 0 Å². The minimum Gasteiger partial charge on any atom is -0.312 e. The summed E-state index contributed by atoms with van der Waals surface area (Å²) in [5.74, 6) is 0. The van der Waals surface area contributed by atoms with Gasteiger partial charge in [-0.25, -0.2) is 0 Å². The van der Waals surface area contributed by atoms with Crippen LogP contribution in [0.3, 0.4) is 0 Å². The van der Waals surface area contributed by atoms with Gasteiger partial charge in [-0.15, -0.1) is 11.3 Å². The molecule has 0 saturated heterocycles. The van der Waals surface area contributed by atoms with E-state index in [1.165, 1.54) is 34.6 Å². The molecule has 0 amide bonds. The maximum absolute atomic E-state index is 3.48. The molecule has 0 radical (unpaired) electrons. The zero-order valence-corrected chi connectivity index (χ0v) is 12.1. The van der Waals surface area contributed by atoms with Crippen LogP contribution in [0.4, 0.5) is 0 Å². The van der Waals surface area contributed by atoms with Crippen LogP contribution in [0.2, 0.25) is 0 Å². The van der Waals surface area contributed by atoms with Crippen LogP contribution in [0.5, 0.6) is 0 Å². The summed E-state index contributed by atoms with van der Waals surface area (Å²) in [6.07, 6.45) is 4.00. The van der Waals surface area contributed by atoms with Gasteiger partial charge < -0.3 is 5.32 Å². The summed E-state index contributed by atoms with van der Waals surface area (Å²) < 4.78 is 0. The fraction of sp³-hybridized carbons (Fsp3) is 0.714. The molecule has 96 valence electrons. The van der Waals surface area contributed by atoms with E-state index in [1.54, 1.807) is 0 Å². The molecule has 1 saturated carbocycles. The van der Waals surface area contributed by atoms with Crippen LogP contribution in [0.15, 0.2) is 6.07 Å². The third kappa shape index (κ3) is 3.80. The molecule has 1 aliphatic carbocycles. The Kier molecular flexibility index (Phi) is 4.60.